The number of non-ortho nitro benzene ring substituents is 1. The van der Waals surface area contributed by atoms with Crippen LogP contribution in [0.4, 0.5) is 5.69 Å². The number of hydrogen-bond donors (Lipinski definition) is 0. The van der Waals surface area contributed by atoms with Crippen molar-refractivity contribution in [1.82, 2.24) is 4.57 Å². The second kappa shape index (κ2) is 4.71. The van der Waals surface area contributed by atoms with Gasteiger partial charge in [-0.05, 0) is 24.3 Å². The monoisotopic (exact) mass is 284 g/mol. The first-order chi connectivity index (χ1) is 10.1. The normalized spacial score (nSPS) is 10.7. The zero-order chi connectivity index (χ0) is 15.0. The summed E-state index contributed by atoms with van der Waals surface area (Å²) in [5.74, 6) is -1.39. The summed E-state index contributed by atoms with van der Waals surface area (Å²) in [4.78, 5) is 34.2. The fourth-order valence-corrected chi connectivity index (χ4v) is 2.01. The molecule has 0 spiro atoms. The van der Waals surface area contributed by atoms with E-state index < -0.39 is 16.6 Å². The quantitative estimate of drug-likeness (QED) is 0.531. The smallest absolute Gasteiger partial charge is 0.407 e. The van der Waals surface area contributed by atoms with E-state index in [0.29, 0.717) is 11.1 Å². The summed E-state index contributed by atoms with van der Waals surface area (Å²) in [5, 5.41) is 10.6. The Hall–Kier alpha value is -3.22. The van der Waals surface area contributed by atoms with E-state index in [1.54, 1.807) is 24.3 Å². The van der Waals surface area contributed by atoms with Gasteiger partial charge in [0.05, 0.1) is 10.4 Å². The van der Waals surface area contributed by atoms with E-state index in [1.807, 2.05) is 0 Å². The summed E-state index contributed by atoms with van der Waals surface area (Å²) in [6.07, 6.45) is 0. The average Bonchev–Trinajstić information content (AvgIpc) is 2.82. The van der Waals surface area contributed by atoms with Crippen LogP contribution in [-0.4, -0.2) is 15.4 Å². The Labute approximate surface area is 117 Å². The number of benzene rings is 2. The first kappa shape index (κ1) is 12.8. The zero-order valence-corrected chi connectivity index (χ0v) is 10.6. The fraction of sp³-hybridized carbons (Fsp3) is 0. The molecular weight excluding hydrogens is 276 g/mol. The average molecular weight is 284 g/mol. The standard InChI is InChI=1S/C14H8N2O5/c17-13(9-5-7-10(8-6-9)16(19)20)15-11-3-1-2-4-12(11)21-14(15)18/h1-8H. The van der Waals surface area contributed by atoms with Crippen molar-refractivity contribution in [3.8, 4) is 0 Å². The number of oxazole rings is 1. The van der Waals surface area contributed by atoms with E-state index in [0.717, 1.165) is 4.57 Å². The van der Waals surface area contributed by atoms with E-state index in [4.69, 9.17) is 4.42 Å². The molecule has 0 N–H and O–H groups in total. The van der Waals surface area contributed by atoms with Crippen LogP contribution in [0.25, 0.3) is 11.1 Å². The van der Waals surface area contributed by atoms with Gasteiger partial charge in [0.2, 0.25) is 0 Å². The van der Waals surface area contributed by atoms with E-state index in [-0.39, 0.29) is 11.3 Å². The third-order valence-corrected chi connectivity index (χ3v) is 3.01. The highest BCUT2D eigenvalue weighted by Crippen LogP contribution is 2.16. The molecule has 0 saturated heterocycles. The number of hydrogen-bond acceptors (Lipinski definition) is 5. The summed E-state index contributed by atoms with van der Waals surface area (Å²) in [7, 11) is 0. The minimum atomic E-state index is -0.792. The molecule has 0 amide bonds. The van der Waals surface area contributed by atoms with Crippen LogP contribution < -0.4 is 5.76 Å². The molecule has 0 aliphatic carbocycles. The lowest BCUT2D eigenvalue weighted by Crippen LogP contribution is -2.23. The van der Waals surface area contributed by atoms with Crippen LogP contribution >= 0.6 is 0 Å². The molecule has 1 heterocycles. The minimum Gasteiger partial charge on any atom is -0.407 e. The fourth-order valence-electron chi connectivity index (χ4n) is 2.01. The molecule has 0 fully saturated rings. The summed E-state index contributed by atoms with van der Waals surface area (Å²) >= 11 is 0. The maximum absolute atomic E-state index is 12.4. The van der Waals surface area contributed by atoms with Gasteiger partial charge in [-0.3, -0.25) is 14.9 Å². The van der Waals surface area contributed by atoms with Gasteiger partial charge in [0, 0.05) is 17.7 Å². The third-order valence-electron chi connectivity index (χ3n) is 3.01. The van der Waals surface area contributed by atoms with Crippen molar-refractivity contribution in [2.24, 2.45) is 0 Å². The third kappa shape index (κ3) is 2.10. The number of para-hydroxylation sites is 2. The lowest BCUT2D eigenvalue weighted by molar-refractivity contribution is -0.384. The van der Waals surface area contributed by atoms with Crippen LogP contribution in [0.5, 0.6) is 0 Å². The molecule has 3 rings (SSSR count). The van der Waals surface area contributed by atoms with Gasteiger partial charge < -0.3 is 4.42 Å². The molecule has 1 aromatic heterocycles. The first-order valence-corrected chi connectivity index (χ1v) is 5.97. The van der Waals surface area contributed by atoms with Crippen LogP contribution in [0.3, 0.4) is 0 Å². The number of nitro groups is 1. The van der Waals surface area contributed by atoms with Crippen molar-refractivity contribution in [2.75, 3.05) is 0 Å². The molecule has 2 aromatic carbocycles. The predicted octanol–water partition coefficient (Wildman–Crippen LogP) is 2.19. The van der Waals surface area contributed by atoms with Crippen molar-refractivity contribution >= 4 is 22.7 Å². The van der Waals surface area contributed by atoms with Crippen molar-refractivity contribution in [3.05, 3.63) is 74.8 Å². The van der Waals surface area contributed by atoms with Gasteiger partial charge in [0.15, 0.2) is 5.58 Å². The Balaban J connectivity index is 2.10. The number of nitro benzene ring substituents is 1. The summed E-state index contributed by atoms with van der Waals surface area (Å²) < 4.78 is 5.88. The number of nitrogens with zero attached hydrogens (tertiary/aromatic N) is 2. The molecule has 7 heteroatoms. The molecule has 0 atom stereocenters. The Bertz CT molecular complexity index is 905. The van der Waals surface area contributed by atoms with Gasteiger partial charge in [0.1, 0.15) is 0 Å². The van der Waals surface area contributed by atoms with E-state index in [1.165, 1.54) is 24.3 Å². The highest BCUT2D eigenvalue weighted by molar-refractivity contribution is 6.00. The van der Waals surface area contributed by atoms with Crippen LogP contribution in [0.1, 0.15) is 10.4 Å². The molecular formula is C14H8N2O5. The Kier molecular flexibility index (Phi) is 2.87. The number of aromatic nitrogens is 1. The second-order valence-electron chi connectivity index (χ2n) is 4.28. The van der Waals surface area contributed by atoms with Gasteiger partial charge >= 0.3 is 5.76 Å². The van der Waals surface area contributed by atoms with Crippen LogP contribution in [0, 0.1) is 10.1 Å². The Morgan fingerprint density at radius 1 is 1.10 bits per heavy atom. The summed E-state index contributed by atoms with van der Waals surface area (Å²) in [6, 6.07) is 11.5. The number of rotatable bonds is 2. The highest BCUT2D eigenvalue weighted by Gasteiger charge is 2.18. The molecule has 21 heavy (non-hydrogen) atoms. The first-order valence-electron chi connectivity index (χ1n) is 5.97. The summed E-state index contributed by atoms with van der Waals surface area (Å²) in [5.41, 5.74) is 0.689. The highest BCUT2D eigenvalue weighted by atomic mass is 16.6. The van der Waals surface area contributed by atoms with Crippen molar-refractivity contribution in [1.29, 1.82) is 0 Å². The van der Waals surface area contributed by atoms with Crippen LogP contribution in [-0.2, 0) is 0 Å². The molecule has 0 radical (unpaired) electrons. The van der Waals surface area contributed by atoms with E-state index >= 15 is 0 Å². The number of carbonyl (C=O) groups is 1. The topological polar surface area (TPSA) is 95.3 Å². The van der Waals surface area contributed by atoms with Gasteiger partial charge in [-0.15, -0.1) is 0 Å². The lowest BCUT2D eigenvalue weighted by atomic mass is 10.2. The van der Waals surface area contributed by atoms with Gasteiger partial charge in [-0.2, -0.15) is 0 Å². The molecule has 0 bridgehead atoms. The van der Waals surface area contributed by atoms with Crippen molar-refractivity contribution in [2.45, 2.75) is 0 Å². The predicted molar refractivity (Wildman–Crippen MR) is 73.3 cm³/mol. The van der Waals surface area contributed by atoms with Gasteiger partial charge in [-0.1, -0.05) is 12.1 Å². The van der Waals surface area contributed by atoms with Gasteiger partial charge in [-0.25, -0.2) is 9.36 Å². The molecule has 0 saturated carbocycles. The van der Waals surface area contributed by atoms with Crippen molar-refractivity contribution in [3.63, 3.8) is 0 Å². The van der Waals surface area contributed by atoms with Gasteiger partial charge in [0.25, 0.3) is 11.6 Å². The lowest BCUT2D eigenvalue weighted by Gasteiger charge is -2.01. The SMILES string of the molecule is O=C(c1ccc([N+](=O)[O-])cc1)n1c(=O)oc2ccccc21. The van der Waals surface area contributed by atoms with E-state index in [2.05, 4.69) is 0 Å². The largest absolute Gasteiger partial charge is 0.427 e. The van der Waals surface area contributed by atoms with E-state index in [9.17, 15) is 19.7 Å². The maximum atomic E-state index is 12.4. The molecule has 0 aliphatic rings. The second-order valence-corrected chi connectivity index (χ2v) is 4.28. The van der Waals surface area contributed by atoms with Crippen LogP contribution in [0.15, 0.2) is 57.7 Å². The Morgan fingerprint density at radius 3 is 2.43 bits per heavy atom. The maximum Gasteiger partial charge on any atom is 0.427 e. The molecule has 0 unspecified atom stereocenters. The molecule has 3 aromatic rings. The summed E-state index contributed by atoms with van der Waals surface area (Å²) in [6.45, 7) is 0. The molecule has 0 aliphatic heterocycles. The molecule has 104 valence electrons. The number of fused-ring (bicyclic) bond motifs is 1. The minimum absolute atomic E-state index is 0.129. The van der Waals surface area contributed by atoms with Crippen LogP contribution in [0.2, 0.25) is 0 Å². The Morgan fingerprint density at radius 2 is 1.76 bits per heavy atom. The zero-order valence-electron chi connectivity index (χ0n) is 10.6. The molecule has 7 nitrogen and oxygen atoms in total. The van der Waals surface area contributed by atoms with Crippen molar-refractivity contribution < 1.29 is 14.1 Å². The number of carbonyl (C=O) groups excluding carboxylic acids is 1.